The molecule has 100 valence electrons. The molecule has 3 heterocycles. The lowest BCUT2D eigenvalue weighted by Gasteiger charge is -2.02. The number of nitrogens with zero attached hydrogens (tertiary/aromatic N) is 3. The van der Waals surface area contributed by atoms with E-state index in [9.17, 15) is 9.90 Å². The Morgan fingerprint density at radius 1 is 1.40 bits per heavy atom. The van der Waals surface area contributed by atoms with Crippen molar-refractivity contribution in [3.63, 3.8) is 0 Å². The quantitative estimate of drug-likeness (QED) is 0.772. The second-order valence-corrected chi connectivity index (χ2v) is 4.84. The van der Waals surface area contributed by atoms with E-state index in [0.717, 1.165) is 36.2 Å². The fraction of sp³-hybridized carbons (Fsp3) is 0.214. The van der Waals surface area contributed by atoms with Crippen LogP contribution in [0.4, 0.5) is 0 Å². The van der Waals surface area contributed by atoms with Gasteiger partial charge in [0.25, 0.3) is 0 Å². The number of aromatic nitrogens is 3. The highest BCUT2D eigenvalue weighted by Gasteiger charge is 2.26. The molecule has 4 rings (SSSR count). The van der Waals surface area contributed by atoms with Crippen molar-refractivity contribution >= 4 is 17.1 Å². The Balaban J connectivity index is 1.98. The standard InChI is InChI=1S/C14H11N3O3/c18-14(19)13-12(10-2-1-5-17(10)16-13)8-3-4-9-11(6-8)20-7-15-9/h3-4,6-7H,1-2,5H2,(H,18,19). The summed E-state index contributed by atoms with van der Waals surface area (Å²) in [5, 5.41) is 13.6. The molecule has 1 N–H and O–H groups in total. The van der Waals surface area contributed by atoms with Crippen LogP contribution >= 0.6 is 0 Å². The maximum Gasteiger partial charge on any atom is 0.357 e. The number of hydrogen-bond acceptors (Lipinski definition) is 4. The Labute approximate surface area is 113 Å². The van der Waals surface area contributed by atoms with E-state index < -0.39 is 5.97 Å². The second-order valence-electron chi connectivity index (χ2n) is 4.84. The van der Waals surface area contributed by atoms with E-state index in [1.165, 1.54) is 6.39 Å². The topological polar surface area (TPSA) is 81.1 Å². The molecule has 1 aliphatic rings. The molecule has 0 unspecified atom stereocenters. The lowest BCUT2D eigenvalue weighted by Crippen LogP contribution is -2.02. The van der Waals surface area contributed by atoms with Gasteiger partial charge in [0.1, 0.15) is 5.52 Å². The molecule has 0 amide bonds. The first-order chi connectivity index (χ1) is 9.74. The minimum absolute atomic E-state index is 0.110. The van der Waals surface area contributed by atoms with Crippen LogP contribution in [0, 0.1) is 0 Å². The third-order valence-corrected chi connectivity index (χ3v) is 3.66. The summed E-state index contributed by atoms with van der Waals surface area (Å²) in [6.45, 7) is 0.778. The number of hydrogen-bond donors (Lipinski definition) is 1. The summed E-state index contributed by atoms with van der Waals surface area (Å²) < 4.78 is 7.09. The van der Waals surface area contributed by atoms with E-state index in [4.69, 9.17) is 4.42 Å². The van der Waals surface area contributed by atoms with Crippen molar-refractivity contribution in [3.05, 3.63) is 36.0 Å². The zero-order valence-corrected chi connectivity index (χ0v) is 10.5. The molecule has 2 aromatic heterocycles. The van der Waals surface area contributed by atoms with Crippen LogP contribution in [-0.4, -0.2) is 25.8 Å². The van der Waals surface area contributed by atoms with Crippen molar-refractivity contribution in [3.8, 4) is 11.1 Å². The van der Waals surface area contributed by atoms with E-state index >= 15 is 0 Å². The average Bonchev–Trinajstić information content (AvgIpc) is 3.12. The summed E-state index contributed by atoms with van der Waals surface area (Å²) in [4.78, 5) is 15.5. The van der Waals surface area contributed by atoms with Crippen molar-refractivity contribution in [2.45, 2.75) is 19.4 Å². The smallest absolute Gasteiger partial charge is 0.357 e. The average molecular weight is 269 g/mol. The largest absolute Gasteiger partial charge is 0.476 e. The Kier molecular flexibility index (Phi) is 2.20. The molecule has 0 fully saturated rings. The Hall–Kier alpha value is -2.63. The molecule has 0 aliphatic carbocycles. The monoisotopic (exact) mass is 269 g/mol. The fourth-order valence-electron chi connectivity index (χ4n) is 2.80. The second kappa shape index (κ2) is 3.93. The molecule has 0 radical (unpaired) electrons. The summed E-state index contributed by atoms with van der Waals surface area (Å²) in [5.41, 5.74) is 4.02. The molecule has 3 aromatic rings. The summed E-state index contributed by atoms with van der Waals surface area (Å²) in [5.74, 6) is -1.00. The van der Waals surface area contributed by atoms with E-state index in [0.29, 0.717) is 11.1 Å². The van der Waals surface area contributed by atoms with Crippen LogP contribution in [0.5, 0.6) is 0 Å². The number of carboxylic acid groups (broad SMARTS) is 1. The number of rotatable bonds is 2. The van der Waals surface area contributed by atoms with Crippen molar-refractivity contribution < 1.29 is 14.3 Å². The molecule has 6 nitrogen and oxygen atoms in total. The Morgan fingerprint density at radius 2 is 2.30 bits per heavy atom. The Bertz CT molecular complexity index is 831. The zero-order chi connectivity index (χ0) is 13.7. The highest BCUT2D eigenvalue weighted by Crippen LogP contribution is 2.33. The molecule has 1 aliphatic heterocycles. The number of carbonyl (C=O) groups is 1. The number of aromatic carboxylic acids is 1. The third kappa shape index (κ3) is 1.48. The van der Waals surface area contributed by atoms with E-state index in [2.05, 4.69) is 10.1 Å². The van der Waals surface area contributed by atoms with Crippen LogP contribution in [0.1, 0.15) is 22.6 Å². The molecule has 1 aromatic carbocycles. The maximum absolute atomic E-state index is 11.4. The van der Waals surface area contributed by atoms with Crippen LogP contribution in [-0.2, 0) is 13.0 Å². The first-order valence-corrected chi connectivity index (χ1v) is 6.40. The van der Waals surface area contributed by atoms with Crippen LogP contribution in [0.2, 0.25) is 0 Å². The van der Waals surface area contributed by atoms with E-state index in [1.807, 2.05) is 18.2 Å². The predicted molar refractivity (Wildman–Crippen MR) is 70.5 cm³/mol. The third-order valence-electron chi connectivity index (χ3n) is 3.66. The number of oxazole rings is 1. The Morgan fingerprint density at radius 3 is 3.15 bits per heavy atom. The number of aryl methyl sites for hydroxylation is 1. The van der Waals surface area contributed by atoms with Crippen LogP contribution in [0.25, 0.3) is 22.2 Å². The van der Waals surface area contributed by atoms with Gasteiger partial charge in [-0.2, -0.15) is 5.10 Å². The van der Waals surface area contributed by atoms with Crippen LogP contribution in [0.15, 0.2) is 29.0 Å². The van der Waals surface area contributed by atoms with Crippen molar-refractivity contribution in [2.24, 2.45) is 0 Å². The predicted octanol–water partition coefficient (Wildman–Crippen LogP) is 2.34. The number of carboxylic acids is 1. The van der Waals surface area contributed by atoms with Gasteiger partial charge in [-0.05, 0) is 30.5 Å². The summed E-state index contributed by atoms with van der Waals surface area (Å²) in [7, 11) is 0. The number of fused-ring (bicyclic) bond motifs is 2. The first kappa shape index (κ1) is 11.2. The summed E-state index contributed by atoms with van der Waals surface area (Å²) >= 11 is 0. The van der Waals surface area contributed by atoms with Gasteiger partial charge in [0, 0.05) is 17.8 Å². The van der Waals surface area contributed by atoms with Gasteiger partial charge in [0.05, 0.1) is 0 Å². The molecular weight excluding hydrogens is 258 g/mol. The lowest BCUT2D eigenvalue weighted by molar-refractivity contribution is 0.0690. The minimum Gasteiger partial charge on any atom is -0.476 e. The molecule has 0 atom stereocenters. The summed E-state index contributed by atoms with van der Waals surface area (Å²) in [6.07, 6.45) is 3.23. The van der Waals surface area contributed by atoms with Gasteiger partial charge in [-0.15, -0.1) is 0 Å². The van der Waals surface area contributed by atoms with Crippen LogP contribution < -0.4 is 0 Å². The normalized spacial score (nSPS) is 13.8. The van der Waals surface area contributed by atoms with Gasteiger partial charge in [0.2, 0.25) is 0 Å². The minimum atomic E-state index is -1.00. The first-order valence-electron chi connectivity index (χ1n) is 6.40. The van der Waals surface area contributed by atoms with Crippen LogP contribution in [0.3, 0.4) is 0 Å². The molecule has 0 bridgehead atoms. The maximum atomic E-state index is 11.4. The van der Waals surface area contributed by atoms with Crippen molar-refractivity contribution in [1.29, 1.82) is 0 Å². The molecule has 0 saturated carbocycles. The van der Waals surface area contributed by atoms with Gasteiger partial charge >= 0.3 is 5.97 Å². The van der Waals surface area contributed by atoms with Gasteiger partial charge in [-0.1, -0.05) is 6.07 Å². The highest BCUT2D eigenvalue weighted by atomic mass is 16.4. The SMILES string of the molecule is O=C(O)c1nn2c(c1-c1ccc3ncoc3c1)CCC2. The van der Waals surface area contributed by atoms with E-state index in [1.54, 1.807) is 4.68 Å². The molecule has 20 heavy (non-hydrogen) atoms. The van der Waals surface area contributed by atoms with Crippen molar-refractivity contribution in [2.75, 3.05) is 0 Å². The lowest BCUT2D eigenvalue weighted by atomic mass is 10.0. The zero-order valence-electron chi connectivity index (χ0n) is 10.5. The van der Waals surface area contributed by atoms with E-state index in [-0.39, 0.29) is 5.69 Å². The van der Waals surface area contributed by atoms with Gasteiger partial charge in [0.15, 0.2) is 17.7 Å². The molecule has 6 heteroatoms. The van der Waals surface area contributed by atoms with Crippen molar-refractivity contribution in [1.82, 2.24) is 14.8 Å². The molecular formula is C14H11N3O3. The number of benzene rings is 1. The van der Waals surface area contributed by atoms with Gasteiger partial charge in [-0.25, -0.2) is 9.78 Å². The van der Waals surface area contributed by atoms with Gasteiger partial charge < -0.3 is 9.52 Å². The molecule has 0 spiro atoms. The highest BCUT2D eigenvalue weighted by molar-refractivity contribution is 5.96. The van der Waals surface area contributed by atoms with Gasteiger partial charge in [-0.3, -0.25) is 4.68 Å². The molecule has 0 saturated heterocycles. The summed E-state index contributed by atoms with van der Waals surface area (Å²) in [6, 6.07) is 5.53. The fourth-order valence-corrected chi connectivity index (χ4v) is 2.80.